The first-order valence-corrected chi connectivity index (χ1v) is 6.05. The molecule has 5 nitrogen and oxygen atoms in total. The fourth-order valence-corrected chi connectivity index (χ4v) is 1.61. The van der Waals surface area contributed by atoms with Crippen LogP contribution < -0.4 is 16.6 Å². The van der Waals surface area contributed by atoms with Crippen molar-refractivity contribution in [2.24, 2.45) is 10.8 Å². The number of methoxy groups -OCH3 is 1. The number of benzene rings is 1. The van der Waals surface area contributed by atoms with E-state index in [0.29, 0.717) is 25.0 Å². The largest absolute Gasteiger partial charge is 0.383 e. The van der Waals surface area contributed by atoms with Gasteiger partial charge in [0.2, 0.25) is 5.96 Å². The topological polar surface area (TPSA) is 71.7 Å². The van der Waals surface area contributed by atoms with Crippen LogP contribution in [0, 0.1) is 0 Å². The van der Waals surface area contributed by atoms with Gasteiger partial charge < -0.3 is 10.1 Å². The molecule has 0 fully saturated rings. The molecule has 0 unspecified atom stereocenters. The molecule has 4 N–H and O–H groups in total. The molecule has 100 valence electrons. The molecular formula is C13H22N4O. The van der Waals surface area contributed by atoms with Gasteiger partial charge >= 0.3 is 0 Å². The summed E-state index contributed by atoms with van der Waals surface area (Å²) in [6.07, 6.45) is 0. The summed E-state index contributed by atoms with van der Waals surface area (Å²) >= 11 is 0. The van der Waals surface area contributed by atoms with Gasteiger partial charge in [0, 0.05) is 12.8 Å². The fourth-order valence-electron chi connectivity index (χ4n) is 1.61. The van der Waals surface area contributed by atoms with E-state index >= 15 is 0 Å². The summed E-state index contributed by atoms with van der Waals surface area (Å²) in [5.74, 6) is 6.42. The Morgan fingerprint density at radius 3 is 2.72 bits per heavy atom. The van der Waals surface area contributed by atoms with Gasteiger partial charge in [-0.2, -0.15) is 0 Å². The highest BCUT2D eigenvalue weighted by Gasteiger charge is 2.06. The lowest BCUT2D eigenvalue weighted by Gasteiger charge is -2.15. The molecule has 0 atom stereocenters. The van der Waals surface area contributed by atoms with Gasteiger partial charge in [0.05, 0.1) is 13.2 Å². The molecule has 0 heterocycles. The van der Waals surface area contributed by atoms with E-state index in [2.05, 4.69) is 35.6 Å². The maximum Gasteiger partial charge on any atom is 0.210 e. The van der Waals surface area contributed by atoms with E-state index in [-0.39, 0.29) is 0 Å². The monoisotopic (exact) mass is 250 g/mol. The Morgan fingerprint density at radius 2 is 2.11 bits per heavy atom. The Labute approximate surface area is 108 Å². The van der Waals surface area contributed by atoms with Crippen molar-refractivity contribution < 1.29 is 4.74 Å². The lowest BCUT2D eigenvalue weighted by atomic mass is 10.0. The maximum atomic E-state index is 5.44. The molecule has 1 rings (SSSR count). The van der Waals surface area contributed by atoms with Crippen LogP contribution in [0.4, 0.5) is 5.69 Å². The molecule has 0 aliphatic carbocycles. The van der Waals surface area contributed by atoms with Crippen molar-refractivity contribution in [1.29, 1.82) is 0 Å². The predicted molar refractivity (Wildman–Crippen MR) is 75.7 cm³/mol. The molecule has 0 bridgehead atoms. The summed E-state index contributed by atoms with van der Waals surface area (Å²) in [5.41, 5.74) is 4.80. The minimum atomic E-state index is 0.437. The van der Waals surface area contributed by atoms with Crippen molar-refractivity contribution in [2.75, 3.05) is 25.6 Å². The van der Waals surface area contributed by atoms with Gasteiger partial charge in [0.25, 0.3) is 0 Å². The highest BCUT2D eigenvalue weighted by Crippen LogP contribution is 2.23. The van der Waals surface area contributed by atoms with E-state index < -0.39 is 0 Å². The number of guanidine groups is 1. The van der Waals surface area contributed by atoms with Crippen molar-refractivity contribution in [2.45, 2.75) is 19.8 Å². The number of aliphatic imine (C=N–C) groups is 1. The molecule has 0 spiro atoms. The number of hydrazine groups is 1. The Balaban J connectivity index is 2.78. The Morgan fingerprint density at radius 1 is 1.39 bits per heavy atom. The van der Waals surface area contributed by atoms with E-state index in [0.717, 1.165) is 5.69 Å². The number of ether oxygens (including phenoxy) is 1. The minimum absolute atomic E-state index is 0.437. The van der Waals surface area contributed by atoms with Crippen molar-refractivity contribution in [3.63, 3.8) is 0 Å². The molecular weight excluding hydrogens is 228 g/mol. The van der Waals surface area contributed by atoms with Crippen molar-refractivity contribution in [3.8, 4) is 0 Å². The van der Waals surface area contributed by atoms with E-state index in [1.54, 1.807) is 7.11 Å². The first-order chi connectivity index (χ1) is 8.69. The van der Waals surface area contributed by atoms with Crippen LogP contribution in [0.5, 0.6) is 0 Å². The van der Waals surface area contributed by atoms with E-state index in [9.17, 15) is 0 Å². The highest BCUT2D eigenvalue weighted by atomic mass is 16.5. The minimum Gasteiger partial charge on any atom is -0.383 e. The molecule has 0 aliphatic rings. The van der Waals surface area contributed by atoms with Crippen LogP contribution in [-0.4, -0.2) is 26.2 Å². The van der Waals surface area contributed by atoms with E-state index in [1.165, 1.54) is 5.56 Å². The number of anilines is 1. The number of rotatable bonds is 5. The Bertz CT molecular complexity index is 390. The molecule has 5 heteroatoms. The van der Waals surface area contributed by atoms with Gasteiger partial charge in [0.15, 0.2) is 0 Å². The van der Waals surface area contributed by atoms with Gasteiger partial charge in [-0.25, -0.2) is 10.8 Å². The van der Waals surface area contributed by atoms with Crippen LogP contribution in [0.1, 0.15) is 25.3 Å². The van der Waals surface area contributed by atoms with Gasteiger partial charge in [-0.3, -0.25) is 5.43 Å². The lowest BCUT2D eigenvalue weighted by Crippen LogP contribution is -2.36. The summed E-state index contributed by atoms with van der Waals surface area (Å²) in [7, 11) is 1.65. The van der Waals surface area contributed by atoms with Crippen LogP contribution in [0.15, 0.2) is 29.3 Å². The molecule has 0 amide bonds. The van der Waals surface area contributed by atoms with Gasteiger partial charge in [-0.05, 0) is 17.5 Å². The normalized spacial score (nSPS) is 11.7. The Kier molecular flexibility index (Phi) is 6.18. The summed E-state index contributed by atoms with van der Waals surface area (Å²) in [6, 6.07) is 8.12. The first kappa shape index (κ1) is 14.5. The van der Waals surface area contributed by atoms with E-state index in [1.807, 2.05) is 18.2 Å². The summed E-state index contributed by atoms with van der Waals surface area (Å²) < 4.78 is 4.95. The van der Waals surface area contributed by atoms with Crippen molar-refractivity contribution >= 4 is 11.6 Å². The number of hydrogen-bond acceptors (Lipinski definition) is 3. The molecule has 0 saturated heterocycles. The molecule has 0 aliphatic heterocycles. The SMILES string of the molecule is COCCN=C(NN)Nc1ccccc1C(C)C. The van der Waals surface area contributed by atoms with Gasteiger partial charge in [0.1, 0.15) is 0 Å². The number of para-hydroxylation sites is 1. The first-order valence-electron chi connectivity index (χ1n) is 6.05. The molecule has 1 aromatic carbocycles. The molecule has 18 heavy (non-hydrogen) atoms. The third-order valence-corrected chi connectivity index (χ3v) is 2.54. The van der Waals surface area contributed by atoms with Crippen LogP contribution in [-0.2, 0) is 4.74 Å². The quantitative estimate of drug-likeness (QED) is 0.244. The van der Waals surface area contributed by atoms with E-state index in [4.69, 9.17) is 10.6 Å². The van der Waals surface area contributed by atoms with Crippen LogP contribution in [0.3, 0.4) is 0 Å². The number of nitrogens with two attached hydrogens (primary N) is 1. The Hall–Kier alpha value is -1.59. The third-order valence-electron chi connectivity index (χ3n) is 2.54. The second kappa shape index (κ2) is 7.68. The fraction of sp³-hybridized carbons (Fsp3) is 0.462. The molecule has 0 aromatic heterocycles. The standard InChI is InChI=1S/C13H22N4O/c1-10(2)11-6-4-5-7-12(11)16-13(17-14)15-8-9-18-3/h4-7,10H,8-9,14H2,1-3H3,(H2,15,16,17). The molecule has 0 radical (unpaired) electrons. The van der Waals surface area contributed by atoms with Gasteiger partial charge in [-0.15, -0.1) is 0 Å². The zero-order valence-corrected chi connectivity index (χ0v) is 11.2. The average molecular weight is 250 g/mol. The highest BCUT2D eigenvalue weighted by molar-refractivity contribution is 5.94. The molecule has 0 saturated carbocycles. The summed E-state index contributed by atoms with van der Waals surface area (Å²) in [5, 5.41) is 3.20. The third kappa shape index (κ3) is 4.35. The lowest BCUT2D eigenvalue weighted by molar-refractivity contribution is 0.208. The summed E-state index contributed by atoms with van der Waals surface area (Å²) in [6.45, 7) is 5.43. The van der Waals surface area contributed by atoms with Crippen LogP contribution in [0.25, 0.3) is 0 Å². The second-order valence-electron chi connectivity index (χ2n) is 4.23. The number of hydrogen-bond donors (Lipinski definition) is 3. The summed E-state index contributed by atoms with van der Waals surface area (Å²) in [4.78, 5) is 4.27. The van der Waals surface area contributed by atoms with Crippen LogP contribution in [0.2, 0.25) is 0 Å². The van der Waals surface area contributed by atoms with Crippen molar-refractivity contribution in [1.82, 2.24) is 5.43 Å². The maximum absolute atomic E-state index is 5.44. The zero-order valence-electron chi connectivity index (χ0n) is 11.2. The molecule has 1 aromatic rings. The average Bonchev–Trinajstić information content (AvgIpc) is 2.38. The smallest absolute Gasteiger partial charge is 0.210 e. The number of nitrogens with one attached hydrogen (secondary N) is 2. The van der Waals surface area contributed by atoms with Crippen LogP contribution >= 0.6 is 0 Å². The van der Waals surface area contributed by atoms with Gasteiger partial charge in [-0.1, -0.05) is 32.0 Å². The van der Waals surface area contributed by atoms with Crippen molar-refractivity contribution in [3.05, 3.63) is 29.8 Å². The second-order valence-corrected chi connectivity index (χ2v) is 4.23. The predicted octanol–water partition coefficient (Wildman–Crippen LogP) is 1.69. The number of nitrogens with zero attached hydrogens (tertiary/aromatic N) is 1. The zero-order chi connectivity index (χ0) is 13.4.